The number of nitrogens with zero attached hydrogens (tertiary/aromatic N) is 2. The van der Waals surface area contributed by atoms with Crippen LogP contribution in [0.25, 0.3) is 10.9 Å². The van der Waals surface area contributed by atoms with E-state index in [9.17, 15) is 13.2 Å². The second kappa shape index (κ2) is 9.31. The molecule has 1 fully saturated rings. The first-order chi connectivity index (χ1) is 13.9. The molecule has 0 radical (unpaired) electrons. The van der Waals surface area contributed by atoms with Crippen molar-refractivity contribution in [3.63, 3.8) is 0 Å². The average molecular weight is 439 g/mol. The van der Waals surface area contributed by atoms with Gasteiger partial charge in [0.25, 0.3) is 0 Å². The Kier molecular flexibility index (Phi) is 6.98. The molecule has 1 saturated heterocycles. The molecular weight excluding hydrogens is 413 g/mol. The molecule has 4 rings (SSSR count). The molecule has 2 heterocycles. The van der Waals surface area contributed by atoms with E-state index in [2.05, 4.69) is 21.6 Å². The third-order valence-electron chi connectivity index (χ3n) is 5.71. The second-order valence-electron chi connectivity index (χ2n) is 7.65. The van der Waals surface area contributed by atoms with Crippen LogP contribution >= 0.6 is 12.4 Å². The quantitative estimate of drug-likeness (QED) is 0.473. The molecule has 0 saturated carbocycles. The van der Waals surface area contributed by atoms with Crippen LogP contribution in [0.15, 0.2) is 48.5 Å². The van der Waals surface area contributed by atoms with E-state index < -0.39 is 11.7 Å². The van der Waals surface area contributed by atoms with E-state index in [-0.39, 0.29) is 24.8 Å². The Morgan fingerprint density at radius 2 is 1.70 bits per heavy atom. The Bertz CT molecular complexity index is 994. The van der Waals surface area contributed by atoms with E-state index in [1.807, 2.05) is 19.2 Å². The van der Waals surface area contributed by atoms with E-state index in [1.165, 1.54) is 36.3 Å². The normalized spacial score (nSPS) is 15.2. The summed E-state index contributed by atoms with van der Waals surface area (Å²) in [6.07, 6.45) is -0.683. The Hall–Kier alpha value is -2.18. The summed E-state index contributed by atoms with van der Waals surface area (Å²) in [5.74, 6) is 0.231. The van der Waals surface area contributed by atoms with Crippen LogP contribution in [-0.4, -0.2) is 22.6 Å². The number of aromatic nitrogens is 1. The van der Waals surface area contributed by atoms with E-state index in [1.54, 1.807) is 6.07 Å². The zero-order valence-corrected chi connectivity index (χ0v) is 17.7. The number of halogens is 4. The minimum atomic E-state index is -4.38. The summed E-state index contributed by atoms with van der Waals surface area (Å²) >= 11 is 0. The Morgan fingerprint density at radius 3 is 2.43 bits per heavy atom. The van der Waals surface area contributed by atoms with Crippen LogP contribution in [0.1, 0.15) is 36.1 Å². The van der Waals surface area contributed by atoms with Gasteiger partial charge in [-0.3, -0.25) is 4.90 Å². The van der Waals surface area contributed by atoms with Crippen LogP contribution in [0.2, 0.25) is 0 Å². The van der Waals surface area contributed by atoms with Gasteiger partial charge < -0.3 is 9.30 Å². The van der Waals surface area contributed by atoms with Gasteiger partial charge in [0.1, 0.15) is 12.4 Å². The second-order valence-corrected chi connectivity index (χ2v) is 7.65. The van der Waals surface area contributed by atoms with Crippen molar-refractivity contribution in [3.05, 3.63) is 65.4 Å². The standard InChI is InChI=1S/C23H25F3N2O.ClH/c1-27-21-11-4-3-10-19(21)20(15-28-12-5-2-6-13-28)22(27)16-29-18-9-7-8-17(14-18)23(24,25)26;/h3-4,7-11,14H,2,5-6,12-13,15-16H2,1H3;1H. The molecule has 1 aliphatic rings. The number of likely N-dealkylation sites (tertiary alicyclic amines) is 1. The lowest BCUT2D eigenvalue weighted by Crippen LogP contribution is -2.29. The van der Waals surface area contributed by atoms with Crippen molar-refractivity contribution in [1.29, 1.82) is 0 Å². The van der Waals surface area contributed by atoms with E-state index in [0.29, 0.717) is 0 Å². The molecule has 1 aliphatic heterocycles. The molecule has 0 N–H and O–H groups in total. The number of hydrogen-bond donors (Lipinski definition) is 0. The fraction of sp³-hybridized carbons (Fsp3) is 0.391. The van der Waals surface area contributed by atoms with Crippen molar-refractivity contribution in [2.75, 3.05) is 13.1 Å². The minimum absolute atomic E-state index is 0. The first kappa shape index (κ1) is 22.5. The lowest BCUT2D eigenvalue weighted by atomic mass is 10.1. The number of benzene rings is 2. The van der Waals surface area contributed by atoms with Gasteiger partial charge in [0, 0.05) is 24.5 Å². The summed E-state index contributed by atoms with van der Waals surface area (Å²) in [6, 6.07) is 13.3. The summed E-state index contributed by atoms with van der Waals surface area (Å²) in [5, 5.41) is 1.18. The maximum absolute atomic E-state index is 13.0. The van der Waals surface area contributed by atoms with E-state index >= 15 is 0 Å². The Balaban J connectivity index is 0.00000256. The van der Waals surface area contributed by atoms with Crippen molar-refractivity contribution in [2.45, 2.75) is 38.6 Å². The lowest BCUT2D eigenvalue weighted by molar-refractivity contribution is -0.137. The first-order valence-corrected chi connectivity index (χ1v) is 10.0. The molecule has 2 aromatic carbocycles. The van der Waals surface area contributed by atoms with Crippen LogP contribution < -0.4 is 4.74 Å². The molecule has 3 aromatic rings. The third-order valence-corrected chi connectivity index (χ3v) is 5.71. The van der Waals surface area contributed by atoms with Gasteiger partial charge >= 0.3 is 6.18 Å². The lowest BCUT2D eigenvalue weighted by Gasteiger charge is -2.26. The van der Waals surface area contributed by atoms with Crippen LogP contribution in [0.5, 0.6) is 5.75 Å². The number of aryl methyl sites for hydroxylation is 1. The summed E-state index contributed by atoms with van der Waals surface area (Å²) < 4.78 is 46.9. The molecule has 162 valence electrons. The molecule has 0 bridgehead atoms. The summed E-state index contributed by atoms with van der Waals surface area (Å²) in [7, 11) is 1.99. The van der Waals surface area contributed by atoms with Crippen LogP contribution in [0.3, 0.4) is 0 Å². The minimum Gasteiger partial charge on any atom is -0.487 e. The summed E-state index contributed by atoms with van der Waals surface area (Å²) in [4.78, 5) is 2.46. The largest absolute Gasteiger partial charge is 0.487 e. The van der Waals surface area contributed by atoms with E-state index in [4.69, 9.17) is 4.74 Å². The molecule has 0 spiro atoms. The van der Waals surface area contributed by atoms with Crippen molar-refractivity contribution >= 4 is 23.3 Å². The van der Waals surface area contributed by atoms with Crippen molar-refractivity contribution < 1.29 is 17.9 Å². The average Bonchev–Trinajstić information content (AvgIpc) is 2.98. The van der Waals surface area contributed by atoms with Crippen molar-refractivity contribution in [2.24, 2.45) is 7.05 Å². The number of hydrogen-bond acceptors (Lipinski definition) is 2. The van der Waals surface area contributed by atoms with Gasteiger partial charge in [0.15, 0.2) is 0 Å². The molecular formula is C23H26ClF3N2O. The number of fused-ring (bicyclic) bond motifs is 1. The Labute approximate surface area is 180 Å². The summed E-state index contributed by atoms with van der Waals surface area (Å²) in [5.41, 5.74) is 2.63. The highest BCUT2D eigenvalue weighted by atomic mass is 35.5. The fourth-order valence-electron chi connectivity index (χ4n) is 4.14. The van der Waals surface area contributed by atoms with Crippen molar-refractivity contribution in [1.82, 2.24) is 9.47 Å². The van der Waals surface area contributed by atoms with Gasteiger partial charge in [0.05, 0.1) is 11.3 Å². The highest BCUT2D eigenvalue weighted by Crippen LogP contribution is 2.32. The van der Waals surface area contributed by atoms with Gasteiger partial charge in [-0.25, -0.2) is 0 Å². The monoisotopic (exact) mass is 438 g/mol. The van der Waals surface area contributed by atoms with Crippen LogP contribution in [-0.2, 0) is 26.4 Å². The molecule has 3 nitrogen and oxygen atoms in total. The predicted octanol–water partition coefficient (Wildman–Crippen LogP) is 6.18. The molecule has 0 unspecified atom stereocenters. The van der Waals surface area contributed by atoms with E-state index in [0.717, 1.165) is 43.0 Å². The first-order valence-electron chi connectivity index (χ1n) is 10.0. The molecule has 1 aromatic heterocycles. The molecule has 0 aliphatic carbocycles. The fourth-order valence-corrected chi connectivity index (χ4v) is 4.14. The zero-order chi connectivity index (χ0) is 20.4. The summed E-state index contributed by atoms with van der Waals surface area (Å²) in [6.45, 7) is 3.23. The smallest absolute Gasteiger partial charge is 0.416 e. The molecule has 0 amide bonds. The van der Waals surface area contributed by atoms with Gasteiger partial charge in [-0.2, -0.15) is 13.2 Å². The highest BCUT2D eigenvalue weighted by molar-refractivity contribution is 5.85. The van der Waals surface area contributed by atoms with Crippen LogP contribution in [0.4, 0.5) is 13.2 Å². The predicted molar refractivity (Wildman–Crippen MR) is 115 cm³/mol. The molecule has 30 heavy (non-hydrogen) atoms. The number of rotatable bonds is 5. The van der Waals surface area contributed by atoms with Crippen LogP contribution in [0, 0.1) is 0 Å². The van der Waals surface area contributed by atoms with Gasteiger partial charge in [0.2, 0.25) is 0 Å². The highest BCUT2D eigenvalue weighted by Gasteiger charge is 2.30. The molecule has 7 heteroatoms. The number of ether oxygens (including phenoxy) is 1. The Morgan fingerprint density at radius 1 is 0.967 bits per heavy atom. The number of piperidine rings is 1. The molecule has 0 atom stereocenters. The topological polar surface area (TPSA) is 17.4 Å². The SMILES string of the molecule is Cl.Cn1c(COc2cccc(C(F)(F)F)c2)c(CN2CCCCC2)c2ccccc21. The maximum atomic E-state index is 13.0. The van der Waals surface area contributed by atoms with Gasteiger partial charge in [-0.15, -0.1) is 12.4 Å². The zero-order valence-electron chi connectivity index (χ0n) is 16.9. The maximum Gasteiger partial charge on any atom is 0.416 e. The number of alkyl halides is 3. The number of para-hydroxylation sites is 1. The van der Waals surface area contributed by atoms with Gasteiger partial charge in [-0.1, -0.05) is 30.7 Å². The van der Waals surface area contributed by atoms with Crippen molar-refractivity contribution in [3.8, 4) is 5.75 Å². The van der Waals surface area contributed by atoms with Gasteiger partial charge in [-0.05, 0) is 55.8 Å². The third kappa shape index (κ3) is 4.76.